The van der Waals surface area contributed by atoms with Crippen LogP contribution in [0.5, 0.6) is 0 Å². The molecule has 2 atom stereocenters. The van der Waals surface area contributed by atoms with Crippen LogP contribution in [0.15, 0.2) is 0 Å². The van der Waals surface area contributed by atoms with Crippen molar-refractivity contribution in [1.82, 2.24) is 0 Å². The van der Waals surface area contributed by atoms with Gasteiger partial charge in [-0.2, -0.15) is 0 Å². The van der Waals surface area contributed by atoms with Crippen LogP contribution in [0.2, 0.25) is 0 Å². The van der Waals surface area contributed by atoms with Gasteiger partial charge in [-0.05, 0) is 32.2 Å². The minimum atomic E-state index is -0.163. The summed E-state index contributed by atoms with van der Waals surface area (Å²) in [5.74, 6) is -0.163. The minimum absolute atomic E-state index is 0.108. The first kappa shape index (κ1) is 12.5. The van der Waals surface area contributed by atoms with Gasteiger partial charge in [-0.3, -0.25) is 4.79 Å². The highest BCUT2D eigenvalue weighted by Crippen LogP contribution is 2.21. The lowest BCUT2D eigenvalue weighted by Crippen LogP contribution is -2.19. The van der Waals surface area contributed by atoms with Gasteiger partial charge in [-0.25, -0.2) is 0 Å². The minimum Gasteiger partial charge on any atom is -0.463 e. The van der Waals surface area contributed by atoms with E-state index in [9.17, 15) is 4.79 Å². The second-order valence-corrected chi connectivity index (χ2v) is 3.94. The van der Waals surface area contributed by atoms with Gasteiger partial charge >= 0.3 is 5.97 Å². The molecule has 1 rings (SSSR count). The zero-order valence-electron chi connectivity index (χ0n) is 9.41. The second kappa shape index (κ2) is 6.80. The summed E-state index contributed by atoms with van der Waals surface area (Å²) in [6, 6.07) is 0. The van der Waals surface area contributed by atoms with Crippen molar-refractivity contribution in [1.29, 1.82) is 0 Å². The molecule has 0 radical (unpaired) electrons. The van der Waals surface area contributed by atoms with Gasteiger partial charge in [0.1, 0.15) is 6.61 Å². The third-order valence-electron chi connectivity index (χ3n) is 2.67. The van der Waals surface area contributed by atoms with Crippen LogP contribution >= 0.6 is 0 Å². The molecule has 4 nitrogen and oxygen atoms in total. The molecule has 0 saturated carbocycles. The summed E-state index contributed by atoms with van der Waals surface area (Å²) < 4.78 is 10.8. The summed E-state index contributed by atoms with van der Waals surface area (Å²) in [6.07, 6.45) is 4.71. The Kier molecular flexibility index (Phi) is 5.65. The zero-order valence-corrected chi connectivity index (χ0v) is 9.41. The molecule has 0 unspecified atom stereocenters. The van der Waals surface area contributed by atoms with Gasteiger partial charge in [0.2, 0.25) is 0 Å². The third-order valence-corrected chi connectivity index (χ3v) is 2.67. The van der Waals surface area contributed by atoms with Gasteiger partial charge in [0.15, 0.2) is 0 Å². The van der Waals surface area contributed by atoms with E-state index in [4.69, 9.17) is 15.2 Å². The van der Waals surface area contributed by atoms with Crippen molar-refractivity contribution in [2.75, 3.05) is 13.2 Å². The standard InChI is InChI=1S/C11H21NO3/c1-2-9-5-6-10(15-9)8-14-11(13)4-3-7-12/h9-10H,2-8,12H2,1H3/t9-,10+/m1/s1. The maximum Gasteiger partial charge on any atom is 0.305 e. The molecule has 2 N–H and O–H groups in total. The van der Waals surface area contributed by atoms with Crippen molar-refractivity contribution in [3.63, 3.8) is 0 Å². The van der Waals surface area contributed by atoms with E-state index in [1.165, 1.54) is 0 Å². The predicted octanol–water partition coefficient (Wildman–Crippen LogP) is 1.23. The Labute approximate surface area is 91.1 Å². The average molecular weight is 215 g/mol. The van der Waals surface area contributed by atoms with E-state index < -0.39 is 0 Å². The Morgan fingerprint density at radius 1 is 1.47 bits per heavy atom. The van der Waals surface area contributed by atoms with Crippen LogP contribution in [-0.4, -0.2) is 31.3 Å². The molecule has 1 saturated heterocycles. The highest BCUT2D eigenvalue weighted by molar-refractivity contribution is 5.69. The molecule has 0 aromatic carbocycles. The van der Waals surface area contributed by atoms with Crippen LogP contribution in [0, 0.1) is 0 Å². The molecule has 0 bridgehead atoms. The fourth-order valence-corrected chi connectivity index (χ4v) is 1.71. The molecule has 0 aromatic heterocycles. The Morgan fingerprint density at radius 2 is 2.20 bits per heavy atom. The van der Waals surface area contributed by atoms with Crippen molar-refractivity contribution in [2.45, 2.75) is 51.2 Å². The van der Waals surface area contributed by atoms with Crippen LogP contribution in [0.4, 0.5) is 0 Å². The monoisotopic (exact) mass is 215 g/mol. The summed E-state index contributed by atoms with van der Waals surface area (Å²) in [5.41, 5.74) is 5.30. The van der Waals surface area contributed by atoms with E-state index in [-0.39, 0.29) is 12.1 Å². The number of carbonyl (C=O) groups excluding carboxylic acids is 1. The summed E-state index contributed by atoms with van der Waals surface area (Å²) in [6.45, 7) is 3.05. The van der Waals surface area contributed by atoms with Gasteiger partial charge in [0.05, 0.1) is 12.2 Å². The number of carbonyl (C=O) groups is 1. The molecule has 0 aliphatic carbocycles. The van der Waals surface area contributed by atoms with Crippen molar-refractivity contribution in [3.05, 3.63) is 0 Å². The van der Waals surface area contributed by atoms with E-state index in [0.29, 0.717) is 32.1 Å². The summed E-state index contributed by atoms with van der Waals surface area (Å²) >= 11 is 0. The lowest BCUT2D eigenvalue weighted by Gasteiger charge is -2.12. The fraction of sp³-hybridized carbons (Fsp3) is 0.909. The molecule has 1 aliphatic rings. The first-order valence-corrected chi connectivity index (χ1v) is 5.77. The molecule has 0 spiro atoms. The Balaban J connectivity index is 2.07. The van der Waals surface area contributed by atoms with E-state index in [1.807, 2.05) is 0 Å². The molecule has 88 valence electrons. The molecule has 1 aliphatic heterocycles. The maximum atomic E-state index is 11.2. The topological polar surface area (TPSA) is 61.5 Å². The zero-order chi connectivity index (χ0) is 11.1. The molecule has 0 amide bonds. The highest BCUT2D eigenvalue weighted by atomic mass is 16.6. The average Bonchev–Trinajstić information content (AvgIpc) is 2.71. The van der Waals surface area contributed by atoms with Gasteiger partial charge in [0, 0.05) is 6.42 Å². The Morgan fingerprint density at radius 3 is 2.80 bits per heavy atom. The first-order chi connectivity index (χ1) is 7.26. The largest absolute Gasteiger partial charge is 0.463 e. The Bertz CT molecular complexity index is 196. The predicted molar refractivity (Wildman–Crippen MR) is 57.4 cm³/mol. The molecule has 0 aromatic rings. The van der Waals surface area contributed by atoms with Gasteiger partial charge in [0.25, 0.3) is 0 Å². The SMILES string of the molecule is CC[C@@H]1CC[C@@H](COC(=O)CCCN)O1. The van der Waals surface area contributed by atoms with Crippen molar-refractivity contribution >= 4 is 5.97 Å². The van der Waals surface area contributed by atoms with Crippen molar-refractivity contribution in [2.24, 2.45) is 5.73 Å². The highest BCUT2D eigenvalue weighted by Gasteiger charge is 2.24. The van der Waals surface area contributed by atoms with Crippen LogP contribution in [0.3, 0.4) is 0 Å². The van der Waals surface area contributed by atoms with E-state index in [1.54, 1.807) is 0 Å². The van der Waals surface area contributed by atoms with Crippen molar-refractivity contribution < 1.29 is 14.3 Å². The number of hydrogen-bond acceptors (Lipinski definition) is 4. The lowest BCUT2D eigenvalue weighted by molar-refractivity contribution is -0.147. The number of rotatable bonds is 6. The van der Waals surface area contributed by atoms with Crippen LogP contribution in [0.1, 0.15) is 39.0 Å². The molecular formula is C11H21NO3. The number of hydrogen-bond donors (Lipinski definition) is 1. The smallest absolute Gasteiger partial charge is 0.305 e. The van der Waals surface area contributed by atoms with Gasteiger partial charge in [-0.1, -0.05) is 6.92 Å². The summed E-state index contributed by atoms with van der Waals surface area (Å²) in [7, 11) is 0. The van der Waals surface area contributed by atoms with Crippen LogP contribution < -0.4 is 5.73 Å². The number of ether oxygens (including phenoxy) is 2. The van der Waals surface area contributed by atoms with Gasteiger partial charge < -0.3 is 15.2 Å². The molecule has 15 heavy (non-hydrogen) atoms. The number of nitrogens with two attached hydrogens (primary N) is 1. The molecule has 4 heteroatoms. The van der Waals surface area contributed by atoms with E-state index >= 15 is 0 Å². The Hall–Kier alpha value is -0.610. The second-order valence-electron chi connectivity index (χ2n) is 3.94. The van der Waals surface area contributed by atoms with E-state index in [2.05, 4.69) is 6.92 Å². The molecule has 1 heterocycles. The van der Waals surface area contributed by atoms with Gasteiger partial charge in [-0.15, -0.1) is 0 Å². The van der Waals surface area contributed by atoms with Crippen LogP contribution in [0.25, 0.3) is 0 Å². The summed E-state index contributed by atoms with van der Waals surface area (Å²) in [5, 5.41) is 0. The molecule has 1 fully saturated rings. The van der Waals surface area contributed by atoms with E-state index in [0.717, 1.165) is 19.3 Å². The quantitative estimate of drug-likeness (QED) is 0.677. The lowest BCUT2D eigenvalue weighted by atomic mass is 10.2. The maximum absolute atomic E-state index is 11.2. The number of esters is 1. The molecular weight excluding hydrogens is 194 g/mol. The summed E-state index contributed by atoms with van der Waals surface area (Å²) in [4.78, 5) is 11.2. The normalized spacial score (nSPS) is 25.5. The van der Waals surface area contributed by atoms with Crippen LogP contribution in [-0.2, 0) is 14.3 Å². The fourth-order valence-electron chi connectivity index (χ4n) is 1.71. The van der Waals surface area contributed by atoms with Crippen molar-refractivity contribution in [3.8, 4) is 0 Å². The first-order valence-electron chi connectivity index (χ1n) is 5.77. The third kappa shape index (κ3) is 4.62.